The second-order valence-corrected chi connectivity index (χ2v) is 7.50. The number of hydrogen-bond acceptors (Lipinski definition) is 5. The highest BCUT2D eigenvalue weighted by atomic mass is 35.5. The molecule has 0 aliphatic rings. The minimum atomic E-state index is -0.585. The molecule has 0 spiro atoms. The van der Waals surface area contributed by atoms with Gasteiger partial charge in [0, 0.05) is 23.8 Å². The molecule has 0 fully saturated rings. The summed E-state index contributed by atoms with van der Waals surface area (Å²) in [7, 11) is 0. The average Bonchev–Trinajstić information content (AvgIpc) is 2.98. The zero-order valence-electron chi connectivity index (χ0n) is 16.8. The molecule has 3 amide bonds. The fourth-order valence-corrected chi connectivity index (χ4v) is 4.09. The fourth-order valence-electron chi connectivity index (χ4n) is 2.74. The molecule has 9 heteroatoms. The lowest BCUT2D eigenvalue weighted by atomic mass is 10.1. The molecule has 0 aliphatic heterocycles. The summed E-state index contributed by atoms with van der Waals surface area (Å²) < 4.78 is 5.12. The van der Waals surface area contributed by atoms with Crippen molar-refractivity contribution in [3.63, 3.8) is 0 Å². The summed E-state index contributed by atoms with van der Waals surface area (Å²) in [5, 5.41) is 6.06. The number of rotatable bonds is 7. The molecule has 29 heavy (non-hydrogen) atoms. The molecule has 0 radical (unpaired) electrons. The zero-order chi connectivity index (χ0) is 21.6. The van der Waals surface area contributed by atoms with Crippen molar-refractivity contribution in [3.05, 3.63) is 45.3 Å². The van der Waals surface area contributed by atoms with Gasteiger partial charge >= 0.3 is 12.0 Å². The summed E-state index contributed by atoms with van der Waals surface area (Å²) in [6.07, 6.45) is 0. The molecule has 0 aliphatic carbocycles. The van der Waals surface area contributed by atoms with Crippen molar-refractivity contribution in [1.82, 2.24) is 4.90 Å². The van der Waals surface area contributed by atoms with Crippen LogP contribution in [0.25, 0.3) is 0 Å². The van der Waals surface area contributed by atoms with Crippen molar-refractivity contribution < 1.29 is 19.1 Å². The third-order valence-electron chi connectivity index (χ3n) is 4.18. The Labute approximate surface area is 179 Å². The molecule has 2 rings (SSSR count). The maximum absolute atomic E-state index is 12.8. The van der Waals surface area contributed by atoms with E-state index in [9.17, 15) is 14.4 Å². The maximum Gasteiger partial charge on any atom is 0.341 e. The predicted molar refractivity (Wildman–Crippen MR) is 116 cm³/mol. The van der Waals surface area contributed by atoms with E-state index in [1.807, 2.05) is 13.8 Å². The van der Waals surface area contributed by atoms with Crippen molar-refractivity contribution in [1.29, 1.82) is 0 Å². The quantitative estimate of drug-likeness (QED) is 0.596. The molecule has 7 nitrogen and oxygen atoms in total. The Morgan fingerprint density at radius 3 is 2.41 bits per heavy atom. The molecule has 1 aromatic carbocycles. The molecule has 0 atom stereocenters. The summed E-state index contributed by atoms with van der Waals surface area (Å²) in [4.78, 5) is 39.8. The minimum absolute atomic E-state index is 0.182. The smallest absolute Gasteiger partial charge is 0.341 e. The van der Waals surface area contributed by atoms with Gasteiger partial charge in [0.05, 0.1) is 17.0 Å². The van der Waals surface area contributed by atoms with E-state index in [4.69, 9.17) is 16.3 Å². The summed E-state index contributed by atoms with van der Waals surface area (Å²) in [5.41, 5.74) is 1.18. The number of carbonyl (C=O) groups is 3. The van der Waals surface area contributed by atoms with E-state index >= 15 is 0 Å². The Morgan fingerprint density at radius 2 is 1.83 bits per heavy atom. The topological polar surface area (TPSA) is 87.7 Å². The van der Waals surface area contributed by atoms with Crippen LogP contribution in [0.4, 0.5) is 15.5 Å². The molecule has 2 aromatic rings. The minimum Gasteiger partial charge on any atom is -0.462 e. The van der Waals surface area contributed by atoms with Gasteiger partial charge in [-0.3, -0.25) is 10.1 Å². The van der Waals surface area contributed by atoms with Crippen LogP contribution in [-0.2, 0) is 4.74 Å². The van der Waals surface area contributed by atoms with Gasteiger partial charge in [0.25, 0.3) is 5.91 Å². The molecule has 0 unspecified atom stereocenters. The highest BCUT2D eigenvalue weighted by Crippen LogP contribution is 2.34. The van der Waals surface area contributed by atoms with Gasteiger partial charge in [-0.05, 0) is 51.5 Å². The second-order valence-electron chi connectivity index (χ2n) is 6.05. The summed E-state index contributed by atoms with van der Waals surface area (Å²) in [5.74, 6) is -0.774. The first-order chi connectivity index (χ1) is 13.8. The lowest BCUT2D eigenvalue weighted by molar-refractivity contribution is 0.0527. The van der Waals surface area contributed by atoms with E-state index in [0.29, 0.717) is 34.2 Å². The molecular weight excluding hydrogens is 414 g/mol. The van der Waals surface area contributed by atoms with Gasteiger partial charge in [-0.25, -0.2) is 9.59 Å². The van der Waals surface area contributed by atoms with Crippen LogP contribution in [0.1, 0.15) is 46.4 Å². The third-order valence-corrected chi connectivity index (χ3v) is 5.61. The van der Waals surface area contributed by atoms with Crippen LogP contribution in [0.5, 0.6) is 0 Å². The van der Waals surface area contributed by atoms with Crippen molar-refractivity contribution in [2.75, 3.05) is 30.3 Å². The van der Waals surface area contributed by atoms with Gasteiger partial charge < -0.3 is 15.0 Å². The Kier molecular flexibility index (Phi) is 8.04. The van der Waals surface area contributed by atoms with Crippen molar-refractivity contribution in [3.8, 4) is 0 Å². The lowest BCUT2D eigenvalue weighted by Crippen LogP contribution is -2.30. The van der Waals surface area contributed by atoms with Crippen LogP contribution in [0.15, 0.2) is 24.3 Å². The summed E-state index contributed by atoms with van der Waals surface area (Å²) in [6.45, 7) is 8.41. The number of amides is 3. The number of anilines is 2. The monoisotopic (exact) mass is 437 g/mol. The number of nitrogens with zero attached hydrogens (tertiary/aromatic N) is 1. The van der Waals surface area contributed by atoms with Crippen LogP contribution in [0, 0.1) is 6.92 Å². The number of esters is 1. The number of nitrogens with one attached hydrogen (secondary N) is 2. The van der Waals surface area contributed by atoms with Gasteiger partial charge in [-0.1, -0.05) is 17.7 Å². The van der Waals surface area contributed by atoms with E-state index in [-0.39, 0.29) is 23.1 Å². The number of halogens is 1. The van der Waals surface area contributed by atoms with Gasteiger partial charge in [-0.2, -0.15) is 0 Å². The predicted octanol–water partition coefficient (Wildman–Crippen LogP) is 5.01. The van der Waals surface area contributed by atoms with Gasteiger partial charge in [0.2, 0.25) is 0 Å². The highest BCUT2D eigenvalue weighted by Gasteiger charge is 2.28. The second kappa shape index (κ2) is 10.3. The van der Waals surface area contributed by atoms with Crippen LogP contribution in [-0.4, -0.2) is 42.5 Å². The highest BCUT2D eigenvalue weighted by molar-refractivity contribution is 7.18. The molecule has 1 aromatic heterocycles. The number of carbonyl (C=O) groups excluding carboxylic acids is 3. The number of ether oxygens (including phenoxy) is 1. The molecular formula is C20H24ClN3O4S. The van der Waals surface area contributed by atoms with E-state index in [0.717, 1.165) is 11.3 Å². The van der Waals surface area contributed by atoms with E-state index < -0.39 is 12.0 Å². The lowest BCUT2D eigenvalue weighted by Gasteiger charge is -2.18. The Bertz CT molecular complexity index is 909. The molecule has 156 valence electrons. The molecule has 0 bridgehead atoms. The van der Waals surface area contributed by atoms with Gasteiger partial charge in [0.15, 0.2) is 0 Å². The first-order valence-electron chi connectivity index (χ1n) is 9.25. The standard InChI is InChI=1S/C20H24ClN3O4S/c1-5-24(6-2)18(25)16-12(4)15(19(26)28-7-3)17(29-16)23-20(27)22-14-10-8-9-13(21)11-14/h8-11H,5-7H2,1-4H3,(H2,22,23,27). The largest absolute Gasteiger partial charge is 0.462 e. The molecule has 1 heterocycles. The first-order valence-corrected chi connectivity index (χ1v) is 10.4. The van der Waals surface area contributed by atoms with Crippen molar-refractivity contribution in [2.45, 2.75) is 27.7 Å². The molecule has 0 saturated carbocycles. The summed E-state index contributed by atoms with van der Waals surface area (Å²) in [6, 6.07) is 6.13. The van der Waals surface area contributed by atoms with Crippen LogP contribution < -0.4 is 10.6 Å². The van der Waals surface area contributed by atoms with E-state index in [1.54, 1.807) is 43.0 Å². The van der Waals surface area contributed by atoms with Gasteiger partial charge in [-0.15, -0.1) is 11.3 Å². The number of urea groups is 1. The number of thiophene rings is 1. The molecule has 2 N–H and O–H groups in total. The van der Waals surface area contributed by atoms with Crippen molar-refractivity contribution >= 4 is 51.5 Å². The zero-order valence-corrected chi connectivity index (χ0v) is 18.4. The fraction of sp³-hybridized carbons (Fsp3) is 0.350. The van der Waals surface area contributed by atoms with E-state index in [1.165, 1.54) is 0 Å². The Morgan fingerprint density at radius 1 is 1.14 bits per heavy atom. The Hall–Kier alpha value is -2.58. The maximum atomic E-state index is 12.8. The Balaban J connectivity index is 2.35. The SMILES string of the molecule is CCOC(=O)c1c(NC(=O)Nc2cccc(Cl)c2)sc(C(=O)N(CC)CC)c1C. The third kappa shape index (κ3) is 5.48. The number of hydrogen-bond donors (Lipinski definition) is 2. The normalized spacial score (nSPS) is 10.4. The number of benzene rings is 1. The molecule has 0 saturated heterocycles. The van der Waals surface area contributed by atoms with Crippen molar-refractivity contribution in [2.24, 2.45) is 0 Å². The summed E-state index contributed by atoms with van der Waals surface area (Å²) >= 11 is 6.99. The average molecular weight is 438 g/mol. The van der Waals surface area contributed by atoms with E-state index in [2.05, 4.69) is 10.6 Å². The van der Waals surface area contributed by atoms with Crippen LogP contribution >= 0.6 is 22.9 Å². The first kappa shape index (κ1) is 22.7. The van der Waals surface area contributed by atoms with Crippen LogP contribution in [0.3, 0.4) is 0 Å². The van der Waals surface area contributed by atoms with Crippen LogP contribution in [0.2, 0.25) is 5.02 Å². The van der Waals surface area contributed by atoms with Gasteiger partial charge in [0.1, 0.15) is 5.00 Å².